The fourth-order valence-electron chi connectivity index (χ4n) is 4.14. The topological polar surface area (TPSA) is 116 Å². The molecule has 1 aromatic carbocycles. The maximum Gasteiger partial charge on any atom is 0.246 e. The fraction of sp³-hybridized carbons (Fsp3) is 0.320. The van der Waals surface area contributed by atoms with Crippen molar-refractivity contribution < 1.29 is 14.3 Å². The lowest BCUT2D eigenvalue weighted by Crippen LogP contribution is -2.23. The molecule has 0 aliphatic rings. The molecule has 0 aliphatic heterocycles. The van der Waals surface area contributed by atoms with Crippen molar-refractivity contribution in [1.82, 2.24) is 29.9 Å². The van der Waals surface area contributed by atoms with Gasteiger partial charge in [0.05, 0.1) is 12.5 Å². The van der Waals surface area contributed by atoms with Crippen LogP contribution in [0.25, 0.3) is 11.0 Å². The number of nitrogens with zero attached hydrogens (tertiary/aromatic N) is 5. The highest BCUT2D eigenvalue weighted by Crippen LogP contribution is 2.30. The molecule has 2 amide bonds. The molecule has 0 radical (unpaired) electrons. The number of hydrogen-bond donors (Lipinski definition) is 2. The summed E-state index contributed by atoms with van der Waals surface area (Å²) in [7, 11) is 3.43. The van der Waals surface area contributed by atoms with E-state index < -0.39 is 0 Å². The van der Waals surface area contributed by atoms with E-state index >= 15 is 0 Å². The number of benzene rings is 1. The van der Waals surface area contributed by atoms with Crippen LogP contribution in [0.1, 0.15) is 28.8 Å². The van der Waals surface area contributed by atoms with Crippen molar-refractivity contribution in [1.29, 1.82) is 0 Å². The molecule has 3 aromatic heterocycles. The van der Waals surface area contributed by atoms with Crippen molar-refractivity contribution >= 4 is 28.5 Å². The van der Waals surface area contributed by atoms with E-state index in [0.29, 0.717) is 31.0 Å². The van der Waals surface area contributed by atoms with Gasteiger partial charge in [-0.1, -0.05) is 12.1 Å². The fourth-order valence-corrected chi connectivity index (χ4v) is 4.14. The molecular formula is C25H29N7O3. The minimum atomic E-state index is -0.170. The zero-order valence-corrected chi connectivity index (χ0v) is 20.3. The highest BCUT2D eigenvalue weighted by molar-refractivity contribution is 5.90. The third-order valence-electron chi connectivity index (χ3n) is 5.88. The van der Waals surface area contributed by atoms with E-state index in [1.807, 2.05) is 45.2 Å². The first-order valence-corrected chi connectivity index (χ1v) is 11.4. The van der Waals surface area contributed by atoms with Gasteiger partial charge in [0, 0.05) is 43.8 Å². The molecule has 10 heteroatoms. The van der Waals surface area contributed by atoms with Gasteiger partial charge in [0.1, 0.15) is 6.54 Å². The van der Waals surface area contributed by atoms with Crippen molar-refractivity contribution in [2.24, 2.45) is 7.05 Å². The Morgan fingerprint density at radius 1 is 1.14 bits per heavy atom. The average molecular weight is 476 g/mol. The summed E-state index contributed by atoms with van der Waals surface area (Å²) in [6, 6.07) is 9.18. The summed E-state index contributed by atoms with van der Waals surface area (Å²) < 4.78 is 8.68. The summed E-state index contributed by atoms with van der Waals surface area (Å²) in [5.74, 6) is 0.307. The third kappa shape index (κ3) is 5.48. The molecule has 0 unspecified atom stereocenters. The lowest BCUT2D eigenvalue weighted by atomic mass is 10.00. The predicted molar refractivity (Wildman–Crippen MR) is 132 cm³/mol. The van der Waals surface area contributed by atoms with Gasteiger partial charge in [0.15, 0.2) is 5.65 Å². The van der Waals surface area contributed by atoms with Crippen LogP contribution >= 0.6 is 0 Å². The number of carbonyl (C=O) groups excluding carboxylic acids is 2. The quantitative estimate of drug-likeness (QED) is 0.385. The molecule has 3 heterocycles. The molecule has 182 valence electrons. The van der Waals surface area contributed by atoms with Crippen LogP contribution in [0.5, 0.6) is 5.88 Å². The normalized spacial score (nSPS) is 11.0. The second kappa shape index (κ2) is 10.4. The predicted octanol–water partition coefficient (Wildman–Crippen LogP) is 2.68. The Hall–Kier alpha value is -4.21. The number of ether oxygens (including phenoxy) is 1. The number of pyridine rings is 1. The van der Waals surface area contributed by atoms with Gasteiger partial charge in [-0.25, -0.2) is 9.67 Å². The van der Waals surface area contributed by atoms with E-state index in [4.69, 9.17) is 4.74 Å². The van der Waals surface area contributed by atoms with Crippen LogP contribution in [-0.4, -0.2) is 43.5 Å². The minimum absolute atomic E-state index is 0.0600. The Balaban J connectivity index is 1.34. The Bertz CT molecular complexity index is 1360. The van der Waals surface area contributed by atoms with E-state index in [2.05, 4.69) is 25.8 Å². The highest BCUT2D eigenvalue weighted by atomic mass is 16.5. The molecule has 0 spiro atoms. The van der Waals surface area contributed by atoms with Gasteiger partial charge in [0.2, 0.25) is 17.7 Å². The van der Waals surface area contributed by atoms with Crippen LogP contribution in [0.2, 0.25) is 0 Å². The monoisotopic (exact) mass is 475 g/mol. The highest BCUT2D eigenvalue weighted by Gasteiger charge is 2.18. The number of nitrogens with one attached hydrogen (secondary N) is 2. The second-order valence-corrected chi connectivity index (χ2v) is 8.36. The van der Waals surface area contributed by atoms with E-state index in [9.17, 15) is 9.59 Å². The first kappa shape index (κ1) is 23.9. The number of aryl methyl sites for hydroxylation is 3. The minimum Gasteiger partial charge on any atom is -0.479 e. The maximum absolute atomic E-state index is 12.6. The van der Waals surface area contributed by atoms with Gasteiger partial charge in [-0.15, -0.1) is 5.10 Å². The Morgan fingerprint density at radius 3 is 2.71 bits per heavy atom. The van der Waals surface area contributed by atoms with Crippen molar-refractivity contribution in [2.75, 3.05) is 12.4 Å². The van der Waals surface area contributed by atoms with Gasteiger partial charge in [0.25, 0.3) is 0 Å². The summed E-state index contributed by atoms with van der Waals surface area (Å²) in [5.41, 5.74) is 5.27. The molecule has 0 atom stereocenters. The number of methoxy groups -OCH3 is 1. The summed E-state index contributed by atoms with van der Waals surface area (Å²) in [6.45, 7) is 4.47. The molecule has 2 N–H and O–H groups in total. The van der Waals surface area contributed by atoms with Crippen LogP contribution in [0.3, 0.4) is 0 Å². The molecular weight excluding hydrogens is 446 g/mol. The Labute approximate surface area is 203 Å². The molecule has 4 rings (SSSR count). The first-order valence-electron chi connectivity index (χ1n) is 11.4. The van der Waals surface area contributed by atoms with E-state index in [1.165, 1.54) is 0 Å². The number of anilines is 1. The van der Waals surface area contributed by atoms with Crippen LogP contribution < -0.4 is 15.4 Å². The number of rotatable bonds is 9. The molecule has 0 fully saturated rings. The smallest absolute Gasteiger partial charge is 0.246 e. The number of hydrogen-bond acceptors (Lipinski definition) is 6. The Kier molecular flexibility index (Phi) is 7.09. The largest absolute Gasteiger partial charge is 0.479 e. The number of carbonyl (C=O) groups is 2. The van der Waals surface area contributed by atoms with Crippen molar-refractivity contribution in [3.63, 3.8) is 0 Å². The van der Waals surface area contributed by atoms with Gasteiger partial charge in [-0.3, -0.25) is 14.3 Å². The zero-order valence-electron chi connectivity index (χ0n) is 20.3. The molecule has 4 aromatic rings. The van der Waals surface area contributed by atoms with Crippen molar-refractivity contribution in [3.05, 3.63) is 65.1 Å². The maximum atomic E-state index is 12.6. The van der Waals surface area contributed by atoms with Crippen molar-refractivity contribution in [2.45, 2.75) is 39.8 Å². The van der Waals surface area contributed by atoms with Crippen LogP contribution in [-0.2, 0) is 36.1 Å². The zero-order chi connectivity index (χ0) is 24.9. The summed E-state index contributed by atoms with van der Waals surface area (Å²) >= 11 is 0. The van der Waals surface area contributed by atoms with E-state index in [0.717, 1.165) is 33.4 Å². The van der Waals surface area contributed by atoms with E-state index in [-0.39, 0.29) is 18.4 Å². The molecule has 0 bridgehead atoms. The SMILES string of the molecule is COc1nn(C)c2nc(C)c(CCC(=O)NCc3cccc(NC(=O)Cn4cccn4)c3)c(C)c12. The summed E-state index contributed by atoms with van der Waals surface area (Å²) in [5, 5.41) is 15.1. The van der Waals surface area contributed by atoms with Crippen LogP contribution in [0.4, 0.5) is 5.69 Å². The number of aromatic nitrogens is 5. The van der Waals surface area contributed by atoms with Crippen molar-refractivity contribution in [3.8, 4) is 5.88 Å². The molecule has 0 aliphatic carbocycles. The Morgan fingerprint density at radius 2 is 1.97 bits per heavy atom. The standard InChI is InChI=1S/C25H29N7O3/c1-16-20(17(2)28-24-23(16)25(35-4)30-31(24)3)9-10-21(33)26-14-18-7-5-8-19(13-18)29-22(34)15-32-12-6-11-27-32/h5-8,11-13H,9-10,14-15H2,1-4H3,(H,26,33)(H,29,34). The van der Waals surface area contributed by atoms with Crippen LogP contribution in [0, 0.1) is 13.8 Å². The van der Waals surface area contributed by atoms with Gasteiger partial charge in [-0.05, 0) is 55.2 Å². The summed E-state index contributed by atoms with van der Waals surface area (Å²) in [4.78, 5) is 29.5. The number of fused-ring (bicyclic) bond motifs is 1. The molecule has 35 heavy (non-hydrogen) atoms. The lowest BCUT2D eigenvalue weighted by molar-refractivity contribution is -0.121. The third-order valence-corrected chi connectivity index (χ3v) is 5.88. The number of amides is 2. The first-order chi connectivity index (χ1) is 16.9. The lowest BCUT2D eigenvalue weighted by Gasteiger charge is -2.12. The van der Waals surface area contributed by atoms with E-state index in [1.54, 1.807) is 34.9 Å². The van der Waals surface area contributed by atoms with Gasteiger partial charge in [-0.2, -0.15) is 5.10 Å². The molecule has 0 saturated heterocycles. The van der Waals surface area contributed by atoms with Gasteiger partial charge < -0.3 is 15.4 Å². The average Bonchev–Trinajstić information content (AvgIpc) is 3.45. The second-order valence-electron chi connectivity index (χ2n) is 8.36. The molecule has 0 saturated carbocycles. The molecule has 10 nitrogen and oxygen atoms in total. The summed E-state index contributed by atoms with van der Waals surface area (Å²) in [6.07, 6.45) is 4.26. The van der Waals surface area contributed by atoms with Crippen LogP contribution in [0.15, 0.2) is 42.7 Å². The van der Waals surface area contributed by atoms with Gasteiger partial charge >= 0.3 is 0 Å².